The zero-order chi connectivity index (χ0) is 13.1. The molecule has 0 amide bonds. The van der Waals surface area contributed by atoms with Crippen molar-refractivity contribution in [3.8, 4) is 6.07 Å². The molecule has 0 saturated heterocycles. The molecule has 0 saturated carbocycles. The molecule has 0 spiro atoms. The predicted octanol–water partition coefficient (Wildman–Crippen LogP) is 1.04. The highest BCUT2D eigenvalue weighted by atomic mass is 16.4. The summed E-state index contributed by atoms with van der Waals surface area (Å²) >= 11 is 0. The minimum Gasteiger partial charge on any atom is -0.480 e. The Labute approximate surface area is 99.5 Å². The van der Waals surface area contributed by atoms with Gasteiger partial charge in [-0.2, -0.15) is 5.26 Å². The Hall–Kier alpha value is -2.16. The number of aliphatic carboxylic acids is 1. The normalized spacial score (nSPS) is 10.7. The number of anilines is 1. The van der Waals surface area contributed by atoms with Crippen LogP contribution in [0.1, 0.15) is 26.5 Å². The number of hydrogen-bond donors (Lipinski definition) is 1. The van der Waals surface area contributed by atoms with E-state index in [4.69, 9.17) is 10.4 Å². The second-order valence-corrected chi connectivity index (χ2v) is 4.50. The van der Waals surface area contributed by atoms with Crippen LogP contribution in [0.5, 0.6) is 0 Å². The van der Waals surface area contributed by atoms with Crippen LogP contribution >= 0.6 is 0 Å². The van der Waals surface area contributed by atoms with Gasteiger partial charge in [0.05, 0.1) is 0 Å². The molecule has 6 heteroatoms. The fraction of sp³-hybridized carbons (Fsp3) is 0.455. The number of carboxylic acids is 1. The third-order valence-electron chi connectivity index (χ3n) is 2.10. The van der Waals surface area contributed by atoms with E-state index in [1.165, 1.54) is 17.2 Å². The number of nitrogens with zero attached hydrogens (tertiary/aromatic N) is 4. The molecule has 1 rings (SSSR count). The molecular weight excluding hydrogens is 220 g/mol. The maximum Gasteiger partial charge on any atom is 0.323 e. The van der Waals surface area contributed by atoms with E-state index < -0.39 is 11.5 Å². The van der Waals surface area contributed by atoms with Crippen molar-refractivity contribution >= 4 is 11.9 Å². The number of hydrogen-bond acceptors (Lipinski definition) is 5. The van der Waals surface area contributed by atoms with Crippen LogP contribution in [0.25, 0.3) is 0 Å². The van der Waals surface area contributed by atoms with Gasteiger partial charge in [-0.3, -0.25) is 4.79 Å². The molecule has 6 nitrogen and oxygen atoms in total. The molecule has 0 aliphatic rings. The minimum absolute atomic E-state index is 0.210. The zero-order valence-corrected chi connectivity index (χ0v) is 10.0. The van der Waals surface area contributed by atoms with Crippen molar-refractivity contribution in [3.05, 3.63) is 18.0 Å². The largest absolute Gasteiger partial charge is 0.480 e. The Morgan fingerprint density at radius 2 is 2.24 bits per heavy atom. The molecule has 90 valence electrons. The van der Waals surface area contributed by atoms with Gasteiger partial charge in [-0.25, -0.2) is 9.97 Å². The summed E-state index contributed by atoms with van der Waals surface area (Å²) in [7, 11) is 0. The minimum atomic E-state index is -0.967. The van der Waals surface area contributed by atoms with Crippen LogP contribution < -0.4 is 4.90 Å². The zero-order valence-electron chi connectivity index (χ0n) is 10.0. The molecule has 1 aromatic rings. The summed E-state index contributed by atoms with van der Waals surface area (Å²) in [5.41, 5.74) is -0.221. The number of rotatable bonds is 3. The van der Waals surface area contributed by atoms with E-state index >= 15 is 0 Å². The van der Waals surface area contributed by atoms with Crippen LogP contribution in [0.15, 0.2) is 12.3 Å². The predicted molar refractivity (Wildman–Crippen MR) is 61.5 cm³/mol. The summed E-state index contributed by atoms with van der Waals surface area (Å²) in [6, 6.07) is 3.38. The van der Waals surface area contributed by atoms with Gasteiger partial charge in [-0.15, -0.1) is 0 Å². The Balaban J connectivity index is 3.13. The van der Waals surface area contributed by atoms with Crippen LogP contribution in [-0.4, -0.2) is 33.1 Å². The lowest BCUT2D eigenvalue weighted by molar-refractivity contribution is -0.135. The SMILES string of the molecule is CC(C)(C)N(CC(=O)O)c1nccc(C#N)n1. The first-order valence-electron chi connectivity index (χ1n) is 5.07. The topological polar surface area (TPSA) is 90.1 Å². The smallest absolute Gasteiger partial charge is 0.323 e. The van der Waals surface area contributed by atoms with Crippen molar-refractivity contribution in [2.75, 3.05) is 11.4 Å². The summed E-state index contributed by atoms with van der Waals surface area (Å²) in [5.74, 6) is -0.718. The van der Waals surface area contributed by atoms with Crippen LogP contribution in [0.4, 0.5) is 5.95 Å². The quantitative estimate of drug-likeness (QED) is 0.840. The van der Waals surface area contributed by atoms with Gasteiger partial charge in [0.1, 0.15) is 18.3 Å². The lowest BCUT2D eigenvalue weighted by atomic mass is 10.1. The third-order valence-corrected chi connectivity index (χ3v) is 2.10. The monoisotopic (exact) mass is 234 g/mol. The van der Waals surface area contributed by atoms with E-state index in [0.717, 1.165) is 0 Å². The van der Waals surface area contributed by atoms with Crippen LogP contribution in [0.2, 0.25) is 0 Å². The van der Waals surface area contributed by atoms with E-state index in [-0.39, 0.29) is 18.2 Å². The van der Waals surface area contributed by atoms with Gasteiger partial charge in [-0.05, 0) is 26.8 Å². The first-order chi connectivity index (χ1) is 7.84. The number of aromatic nitrogens is 2. The van der Waals surface area contributed by atoms with E-state index in [1.807, 2.05) is 26.8 Å². The maximum absolute atomic E-state index is 10.8. The number of carboxylic acid groups (broad SMARTS) is 1. The molecule has 0 bridgehead atoms. The van der Waals surface area contributed by atoms with Crippen molar-refractivity contribution in [2.24, 2.45) is 0 Å². The maximum atomic E-state index is 10.8. The molecule has 0 radical (unpaired) electrons. The highest BCUT2D eigenvalue weighted by molar-refractivity contribution is 5.73. The molecule has 0 fully saturated rings. The Morgan fingerprint density at radius 1 is 1.59 bits per heavy atom. The van der Waals surface area contributed by atoms with Crippen molar-refractivity contribution in [2.45, 2.75) is 26.3 Å². The fourth-order valence-corrected chi connectivity index (χ4v) is 1.28. The van der Waals surface area contributed by atoms with Crippen molar-refractivity contribution in [1.29, 1.82) is 5.26 Å². The number of carbonyl (C=O) groups is 1. The van der Waals surface area contributed by atoms with E-state index in [1.54, 1.807) is 0 Å². The van der Waals surface area contributed by atoms with Crippen LogP contribution in [-0.2, 0) is 4.79 Å². The Bertz CT molecular complexity index is 459. The average molecular weight is 234 g/mol. The standard InChI is InChI=1S/C11H14N4O2/c1-11(2,3)15(7-9(16)17)10-13-5-4-8(6-12)14-10/h4-5H,7H2,1-3H3,(H,16,17). The molecule has 0 aliphatic heterocycles. The molecule has 0 unspecified atom stereocenters. The summed E-state index contributed by atoms with van der Waals surface area (Å²) < 4.78 is 0. The lowest BCUT2D eigenvalue weighted by Crippen LogP contribution is -2.45. The molecule has 0 aromatic carbocycles. The fourth-order valence-electron chi connectivity index (χ4n) is 1.28. The summed E-state index contributed by atoms with van der Waals surface area (Å²) in [4.78, 5) is 20.4. The van der Waals surface area contributed by atoms with Gasteiger partial charge >= 0.3 is 5.97 Å². The molecule has 0 atom stereocenters. The summed E-state index contributed by atoms with van der Waals surface area (Å²) in [6.07, 6.45) is 1.45. The Morgan fingerprint density at radius 3 is 2.71 bits per heavy atom. The lowest BCUT2D eigenvalue weighted by Gasteiger charge is -2.34. The first-order valence-corrected chi connectivity index (χ1v) is 5.07. The summed E-state index contributed by atoms with van der Waals surface area (Å²) in [6.45, 7) is 5.37. The molecule has 1 heterocycles. The van der Waals surface area contributed by atoms with E-state index in [2.05, 4.69) is 9.97 Å². The molecule has 0 aliphatic carbocycles. The van der Waals surface area contributed by atoms with Crippen molar-refractivity contribution in [1.82, 2.24) is 9.97 Å². The second-order valence-electron chi connectivity index (χ2n) is 4.50. The van der Waals surface area contributed by atoms with E-state index in [9.17, 15) is 4.79 Å². The van der Waals surface area contributed by atoms with E-state index in [0.29, 0.717) is 0 Å². The highest BCUT2D eigenvalue weighted by Gasteiger charge is 2.26. The molecular formula is C11H14N4O2. The van der Waals surface area contributed by atoms with Gasteiger partial charge in [0, 0.05) is 11.7 Å². The molecule has 17 heavy (non-hydrogen) atoms. The molecule has 1 N–H and O–H groups in total. The Kier molecular flexibility index (Phi) is 3.63. The van der Waals surface area contributed by atoms with Crippen LogP contribution in [0.3, 0.4) is 0 Å². The van der Waals surface area contributed by atoms with Crippen molar-refractivity contribution in [3.63, 3.8) is 0 Å². The van der Waals surface area contributed by atoms with Gasteiger partial charge in [0.15, 0.2) is 0 Å². The van der Waals surface area contributed by atoms with Crippen molar-refractivity contribution < 1.29 is 9.90 Å². The number of nitriles is 1. The first kappa shape index (κ1) is 12.9. The van der Waals surface area contributed by atoms with Gasteiger partial charge in [0.2, 0.25) is 5.95 Å². The third kappa shape index (κ3) is 3.41. The summed E-state index contributed by atoms with van der Waals surface area (Å²) in [5, 5.41) is 17.6. The average Bonchev–Trinajstić information content (AvgIpc) is 2.24. The van der Waals surface area contributed by atoms with Gasteiger partial charge in [0.25, 0.3) is 0 Å². The highest BCUT2D eigenvalue weighted by Crippen LogP contribution is 2.19. The van der Waals surface area contributed by atoms with Crippen LogP contribution in [0, 0.1) is 11.3 Å². The second kappa shape index (κ2) is 4.78. The van der Waals surface area contributed by atoms with Gasteiger partial charge < -0.3 is 10.0 Å². The van der Waals surface area contributed by atoms with Gasteiger partial charge in [-0.1, -0.05) is 0 Å². The molecule has 1 aromatic heterocycles.